The van der Waals surface area contributed by atoms with Gasteiger partial charge in [0.05, 0.1) is 40.1 Å². The van der Waals surface area contributed by atoms with Gasteiger partial charge in [0, 0.05) is 12.1 Å². The molecule has 0 aliphatic rings. The number of aromatic nitrogens is 4. The van der Waals surface area contributed by atoms with Gasteiger partial charge < -0.3 is 9.47 Å². The van der Waals surface area contributed by atoms with Crippen LogP contribution in [0, 0.1) is 28.4 Å². The van der Waals surface area contributed by atoms with Crippen LogP contribution in [0.15, 0.2) is 48.5 Å². The number of carbonyl (C=O) groups is 1. The molecule has 1 amide bonds. The van der Waals surface area contributed by atoms with E-state index in [-0.39, 0.29) is 35.1 Å². The molecular formula is C22H17N7O5. The number of nitro benzene ring substituents is 1. The first-order valence-electron chi connectivity index (χ1n) is 10.0. The molecule has 12 heteroatoms. The quantitative estimate of drug-likeness (QED) is 0.329. The van der Waals surface area contributed by atoms with Crippen molar-refractivity contribution in [3.05, 3.63) is 70.0 Å². The number of nitro groups is 1. The second-order valence-electron chi connectivity index (χ2n) is 6.95. The number of rotatable bonds is 6. The van der Waals surface area contributed by atoms with E-state index in [0.717, 1.165) is 0 Å². The molecule has 2 heterocycles. The predicted octanol–water partition coefficient (Wildman–Crippen LogP) is 4.24. The maximum absolute atomic E-state index is 12.1. The average Bonchev–Trinajstić information content (AvgIpc) is 3.20. The van der Waals surface area contributed by atoms with E-state index < -0.39 is 11.0 Å². The molecule has 0 saturated carbocycles. The molecule has 0 bridgehead atoms. The third-order valence-corrected chi connectivity index (χ3v) is 4.70. The molecule has 2 aromatic carbocycles. The number of aryl methyl sites for hydroxylation is 1. The van der Waals surface area contributed by atoms with Gasteiger partial charge in [-0.25, -0.2) is 4.79 Å². The number of hydrogen-bond acceptors (Lipinski definition) is 9. The van der Waals surface area contributed by atoms with Crippen molar-refractivity contribution in [3.63, 3.8) is 0 Å². The topological polar surface area (TPSA) is 158 Å². The Bertz CT molecular complexity index is 1440. The van der Waals surface area contributed by atoms with Crippen molar-refractivity contribution in [1.82, 2.24) is 19.8 Å². The number of nitriles is 1. The zero-order valence-electron chi connectivity index (χ0n) is 18.1. The van der Waals surface area contributed by atoms with Gasteiger partial charge in [-0.1, -0.05) is 0 Å². The Morgan fingerprint density at radius 3 is 2.65 bits per heavy atom. The Morgan fingerprint density at radius 2 is 1.97 bits per heavy atom. The molecule has 170 valence electrons. The summed E-state index contributed by atoms with van der Waals surface area (Å²) in [5.41, 5.74) is 1.36. The molecule has 0 fully saturated rings. The third kappa shape index (κ3) is 4.44. The summed E-state index contributed by atoms with van der Waals surface area (Å²) in [7, 11) is 0. The van der Waals surface area contributed by atoms with Gasteiger partial charge in [-0.2, -0.15) is 14.9 Å². The third-order valence-electron chi connectivity index (χ3n) is 4.70. The van der Waals surface area contributed by atoms with Crippen LogP contribution in [0.2, 0.25) is 0 Å². The Hall–Kier alpha value is -5.05. The summed E-state index contributed by atoms with van der Waals surface area (Å²) in [5, 5.41) is 35.6. The normalized spacial score (nSPS) is 10.5. The van der Waals surface area contributed by atoms with Crippen LogP contribution in [0.4, 0.5) is 16.2 Å². The summed E-state index contributed by atoms with van der Waals surface area (Å²) >= 11 is 0. The minimum Gasteiger partial charge on any atom is -0.457 e. The zero-order valence-corrected chi connectivity index (χ0v) is 18.1. The minimum atomic E-state index is -0.699. The number of benzene rings is 2. The van der Waals surface area contributed by atoms with Crippen molar-refractivity contribution in [2.75, 3.05) is 11.9 Å². The highest BCUT2D eigenvalue weighted by Gasteiger charge is 2.20. The lowest BCUT2D eigenvalue weighted by atomic mass is 10.1. The van der Waals surface area contributed by atoms with Crippen LogP contribution in [-0.4, -0.2) is 37.4 Å². The van der Waals surface area contributed by atoms with E-state index in [2.05, 4.69) is 20.6 Å². The molecule has 4 rings (SSSR count). The Labute approximate surface area is 192 Å². The summed E-state index contributed by atoms with van der Waals surface area (Å²) in [4.78, 5) is 23.0. The average molecular weight is 459 g/mol. The van der Waals surface area contributed by atoms with Crippen molar-refractivity contribution in [1.29, 1.82) is 5.26 Å². The number of nitrogens with one attached hydrogen (secondary N) is 1. The van der Waals surface area contributed by atoms with E-state index in [1.807, 2.05) is 6.07 Å². The fourth-order valence-corrected chi connectivity index (χ4v) is 3.13. The second kappa shape index (κ2) is 9.21. The van der Waals surface area contributed by atoms with Gasteiger partial charge in [0.1, 0.15) is 11.5 Å². The van der Waals surface area contributed by atoms with Crippen LogP contribution >= 0.6 is 0 Å². The van der Waals surface area contributed by atoms with E-state index in [4.69, 9.17) is 14.7 Å². The fraction of sp³-hybridized carbons (Fsp3) is 0.136. The first kappa shape index (κ1) is 22.2. The molecule has 0 aliphatic carbocycles. The zero-order chi connectivity index (χ0) is 24.2. The van der Waals surface area contributed by atoms with E-state index >= 15 is 0 Å². The predicted molar refractivity (Wildman–Crippen MR) is 119 cm³/mol. The molecule has 1 N–H and O–H groups in total. The summed E-state index contributed by atoms with van der Waals surface area (Å²) in [6.07, 6.45) is -0.699. The lowest BCUT2D eigenvalue weighted by molar-refractivity contribution is -0.384. The van der Waals surface area contributed by atoms with Gasteiger partial charge in [-0.15, -0.1) is 10.2 Å². The monoisotopic (exact) mass is 459 g/mol. The van der Waals surface area contributed by atoms with E-state index in [0.29, 0.717) is 22.7 Å². The molecule has 0 unspecified atom stereocenters. The van der Waals surface area contributed by atoms with Crippen LogP contribution in [0.25, 0.3) is 16.9 Å². The number of fused-ring (bicyclic) bond motifs is 1. The molecule has 4 aromatic rings. The maximum atomic E-state index is 12.1. The summed E-state index contributed by atoms with van der Waals surface area (Å²) in [6, 6.07) is 14.0. The molecule has 12 nitrogen and oxygen atoms in total. The van der Waals surface area contributed by atoms with Crippen molar-refractivity contribution in [3.8, 4) is 28.8 Å². The van der Waals surface area contributed by atoms with Gasteiger partial charge in [0.25, 0.3) is 5.69 Å². The number of carbonyl (C=O) groups excluding carboxylic acids is 1. The minimum absolute atomic E-state index is 0.166. The number of nitrogens with zero attached hydrogens (tertiary/aromatic N) is 6. The highest BCUT2D eigenvalue weighted by molar-refractivity contribution is 5.91. The van der Waals surface area contributed by atoms with Crippen molar-refractivity contribution >= 4 is 23.1 Å². The van der Waals surface area contributed by atoms with Gasteiger partial charge in [0.2, 0.25) is 5.65 Å². The standard InChI is InChI=1S/C22H17N7O5/c1-3-33-22(30)24-19-11-18(27-28-13(2)25-26-21(19)28)17-10-15(29(31)32)6-9-20(17)34-16-7-4-14(12-23)5-8-16/h4-11H,3H2,1-2H3,(H,24,30). The van der Waals surface area contributed by atoms with Crippen LogP contribution in [-0.2, 0) is 4.74 Å². The SMILES string of the molecule is CCOC(=O)Nc1cc(-c2cc([N+](=O)[O-])ccc2Oc2ccc(C#N)cc2)nn2c(C)nnc12. The molecule has 0 atom stereocenters. The molecule has 34 heavy (non-hydrogen) atoms. The Morgan fingerprint density at radius 1 is 1.21 bits per heavy atom. The van der Waals surface area contributed by atoms with Crippen molar-refractivity contribution < 1.29 is 19.2 Å². The number of amides is 1. The summed E-state index contributed by atoms with van der Waals surface area (Å²) in [5.74, 6) is 1.12. The fourth-order valence-electron chi connectivity index (χ4n) is 3.13. The van der Waals surface area contributed by atoms with E-state index in [1.54, 1.807) is 38.1 Å². The molecule has 2 aromatic heterocycles. The highest BCUT2D eigenvalue weighted by Crippen LogP contribution is 2.36. The maximum Gasteiger partial charge on any atom is 0.411 e. The lowest BCUT2D eigenvalue weighted by Crippen LogP contribution is -2.15. The summed E-state index contributed by atoms with van der Waals surface area (Å²) in [6.45, 7) is 3.51. The highest BCUT2D eigenvalue weighted by atomic mass is 16.6. The van der Waals surface area contributed by atoms with Gasteiger partial charge >= 0.3 is 6.09 Å². The van der Waals surface area contributed by atoms with Crippen molar-refractivity contribution in [2.24, 2.45) is 0 Å². The van der Waals surface area contributed by atoms with Crippen molar-refractivity contribution in [2.45, 2.75) is 13.8 Å². The lowest BCUT2D eigenvalue weighted by Gasteiger charge is -2.13. The van der Waals surface area contributed by atoms with E-state index in [9.17, 15) is 14.9 Å². The number of ether oxygens (including phenoxy) is 2. The molecule has 0 radical (unpaired) electrons. The van der Waals surface area contributed by atoms with Gasteiger partial charge in [-0.3, -0.25) is 15.4 Å². The van der Waals surface area contributed by atoms with Gasteiger partial charge in [0.15, 0.2) is 5.82 Å². The molecule has 0 saturated heterocycles. The first-order chi connectivity index (χ1) is 16.4. The number of non-ortho nitro benzene ring substituents is 1. The van der Waals surface area contributed by atoms with Gasteiger partial charge in [-0.05, 0) is 50.2 Å². The van der Waals surface area contributed by atoms with Crippen LogP contribution in [0.5, 0.6) is 11.5 Å². The Balaban J connectivity index is 1.85. The van der Waals surface area contributed by atoms with Crippen LogP contribution in [0.3, 0.4) is 0 Å². The molecular weight excluding hydrogens is 442 g/mol. The largest absolute Gasteiger partial charge is 0.457 e. The Kier molecular flexibility index (Phi) is 6.00. The number of anilines is 1. The van der Waals surface area contributed by atoms with Crippen LogP contribution in [0.1, 0.15) is 18.3 Å². The second-order valence-corrected chi connectivity index (χ2v) is 6.95. The molecule has 0 spiro atoms. The first-order valence-corrected chi connectivity index (χ1v) is 10.0. The van der Waals surface area contributed by atoms with E-state index in [1.165, 1.54) is 28.8 Å². The summed E-state index contributed by atoms with van der Waals surface area (Å²) < 4.78 is 12.3. The smallest absolute Gasteiger partial charge is 0.411 e. The number of hydrogen-bond donors (Lipinski definition) is 1. The molecule has 0 aliphatic heterocycles. The van der Waals surface area contributed by atoms with Crippen LogP contribution < -0.4 is 10.1 Å².